The van der Waals surface area contributed by atoms with Gasteiger partial charge in [-0.3, -0.25) is 0 Å². The lowest BCUT2D eigenvalue weighted by Gasteiger charge is -2.32. The van der Waals surface area contributed by atoms with Gasteiger partial charge < -0.3 is 14.2 Å². The highest BCUT2D eigenvalue weighted by molar-refractivity contribution is 7.91. The van der Waals surface area contributed by atoms with Crippen molar-refractivity contribution in [2.45, 2.75) is 16.8 Å². The summed E-state index contributed by atoms with van der Waals surface area (Å²) in [7, 11) is -1.96. The molecule has 1 aromatic heterocycles. The fourth-order valence-electron chi connectivity index (χ4n) is 3.34. The fraction of sp³-hybridized carbons (Fsp3) is 0.286. The summed E-state index contributed by atoms with van der Waals surface area (Å²) < 4.78 is 46.0. The quantitative estimate of drug-likeness (QED) is 0.609. The van der Waals surface area contributed by atoms with E-state index in [4.69, 9.17) is 4.42 Å². The van der Waals surface area contributed by atoms with Crippen LogP contribution in [0, 0.1) is 12.7 Å². The Balaban J connectivity index is 1.85. The number of rotatable bonds is 4. The number of aromatic nitrogens is 1. The molecule has 1 saturated heterocycles. The highest BCUT2D eigenvalue weighted by Crippen LogP contribution is 2.36. The van der Waals surface area contributed by atoms with E-state index in [1.807, 2.05) is 43.1 Å². The van der Waals surface area contributed by atoms with Crippen molar-refractivity contribution in [3.8, 4) is 11.5 Å². The molecule has 152 valence electrons. The molecule has 0 unspecified atom stereocenters. The molecule has 0 amide bonds. The highest BCUT2D eigenvalue weighted by Gasteiger charge is 2.32. The van der Waals surface area contributed by atoms with Crippen LogP contribution in [-0.2, 0) is 9.84 Å². The zero-order valence-electron chi connectivity index (χ0n) is 16.3. The molecule has 0 saturated carbocycles. The number of piperazine rings is 1. The van der Waals surface area contributed by atoms with Gasteiger partial charge in [0.15, 0.2) is 0 Å². The number of anilines is 1. The summed E-state index contributed by atoms with van der Waals surface area (Å²) in [5, 5.41) is -0.132. The van der Waals surface area contributed by atoms with Gasteiger partial charge in [0.2, 0.25) is 26.6 Å². The highest BCUT2D eigenvalue weighted by atomic mass is 32.2. The molecule has 3 aromatic rings. The van der Waals surface area contributed by atoms with Crippen LogP contribution in [0.3, 0.4) is 0 Å². The van der Waals surface area contributed by atoms with Crippen LogP contribution < -0.4 is 4.90 Å². The molecule has 0 spiro atoms. The van der Waals surface area contributed by atoms with Gasteiger partial charge in [0.1, 0.15) is 5.82 Å². The van der Waals surface area contributed by atoms with Crippen molar-refractivity contribution in [2.24, 2.45) is 0 Å². The third kappa shape index (κ3) is 3.77. The molecule has 1 aliphatic rings. The predicted molar refractivity (Wildman–Crippen MR) is 108 cm³/mol. The second-order valence-electron chi connectivity index (χ2n) is 7.19. The molecule has 0 aliphatic carbocycles. The number of aryl methyl sites for hydroxylation is 1. The fourth-order valence-corrected chi connectivity index (χ4v) is 4.66. The number of sulfone groups is 1. The zero-order valence-corrected chi connectivity index (χ0v) is 17.1. The monoisotopic (exact) mass is 415 g/mol. The average molecular weight is 415 g/mol. The molecule has 2 aromatic carbocycles. The third-order valence-corrected chi connectivity index (χ3v) is 6.79. The SMILES string of the molecule is Cc1ccccc1-c1nc(S(=O)(=O)c2ccc(F)cc2)c(N2CCN(C)CC2)o1. The number of oxazole rings is 1. The molecule has 2 heterocycles. The summed E-state index contributed by atoms with van der Waals surface area (Å²) in [5.74, 6) is 0.00221. The number of benzene rings is 2. The minimum Gasteiger partial charge on any atom is -0.419 e. The van der Waals surface area contributed by atoms with Crippen LogP contribution in [0.15, 0.2) is 62.9 Å². The maximum absolute atomic E-state index is 13.3. The van der Waals surface area contributed by atoms with Crippen LogP contribution >= 0.6 is 0 Å². The molecule has 4 rings (SSSR count). The maximum atomic E-state index is 13.3. The summed E-state index contributed by atoms with van der Waals surface area (Å²) >= 11 is 0. The van der Waals surface area contributed by atoms with Gasteiger partial charge >= 0.3 is 0 Å². The van der Waals surface area contributed by atoms with Gasteiger partial charge in [-0.25, -0.2) is 12.8 Å². The van der Waals surface area contributed by atoms with Crippen LogP contribution in [0.5, 0.6) is 0 Å². The minimum absolute atomic E-state index is 0.0149. The van der Waals surface area contributed by atoms with E-state index in [1.165, 1.54) is 12.1 Å². The van der Waals surface area contributed by atoms with E-state index in [9.17, 15) is 12.8 Å². The van der Waals surface area contributed by atoms with Crippen molar-refractivity contribution in [1.82, 2.24) is 9.88 Å². The van der Waals surface area contributed by atoms with Crippen molar-refractivity contribution in [1.29, 1.82) is 0 Å². The number of nitrogens with zero attached hydrogens (tertiary/aromatic N) is 3. The normalized spacial score (nSPS) is 15.6. The van der Waals surface area contributed by atoms with Crippen molar-refractivity contribution in [3.05, 3.63) is 59.9 Å². The molecule has 0 bridgehead atoms. The number of hydrogen-bond donors (Lipinski definition) is 0. The van der Waals surface area contributed by atoms with Crippen molar-refractivity contribution in [2.75, 3.05) is 38.1 Å². The molecular weight excluding hydrogens is 393 g/mol. The van der Waals surface area contributed by atoms with Crippen molar-refractivity contribution in [3.63, 3.8) is 0 Å². The molecule has 0 N–H and O–H groups in total. The first kappa shape index (κ1) is 19.6. The number of halogens is 1. The lowest BCUT2D eigenvalue weighted by molar-refractivity contribution is 0.305. The van der Waals surface area contributed by atoms with Gasteiger partial charge in [-0.15, -0.1) is 0 Å². The van der Waals surface area contributed by atoms with Gasteiger partial charge in [0, 0.05) is 31.7 Å². The lowest BCUT2D eigenvalue weighted by atomic mass is 10.1. The molecule has 6 nitrogen and oxygen atoms in total. The topological polar surface area (TPSA) is 66.7 Å². The van der Waals surface area contributed by atoms with E-state index in [0.29, 0.717) is 13.1 Å². The lowest BCUT2D eigenvalue weighted by Crippen LogP contribution is -2.44. The Kier molecular flexibility index (Phi) is 5.14. The smallest absolute Gasteiger partial charge is 0.236 e. The van der Waals surface area contributed by atoms with Crippen molar-refractivity contribution < 1.29 is 17.2 Å². The molecule has 1 fully saturated rings. The van der Waals surface area contributed by atoms with Crippen LogP contribution in [0.1, 0.15) is 5.56 Å². The summed E-state index contributed by atoms with van der Waals surface area (Å²) in [5.41, 5.74) is 1.67. The van der Waals surface area contributed by atoms with E-state index in [1.54, 1.807) is 0 Å². The minimum atomic E-state index is -3.98. The van der Waals surface area contributed by atoms with E-state index >= 15 is 0 Å². The Labute approximate surface area is 169 Å². The van der Waals surface area contributed by atoms with Gasteiger partial charge in [0.05, 0.1) is 4.90 Å². The van der Waals surface area contributed by atoms with Crippen LogP contribution in [0.4, 0.5) is 10.3 Å². The van der Waals surface area contributed by atoms with Gasteiger partial charge in [-0.2, -0.15) is 4.98 Å². The van der Waals surface area contributed by atoms with Gasteiger partial charge in [-0.1, -0.05) is 18.2 Å². The summed E-state index contributed by atoms with van der Waals surface area (Å²) in [6.45, 7) is 4.76. The largest absolute Gasteiger partial charge is 0.419 e. The number of likely N-dealkylation sites (N-methyl/N-ethyl adjacent to an activating group) is 1. The Hall–Kier alpha value is -2.71. The average Bonchev–Trinajstić information content (AvgIpc) is 3.15. The molecule has 1 aliphatic heterocycles. The molecular formula is C21H22FN3O3S. The van der Waals surface area contributed by atoms with Crippen LogP contribution in [0.25, 0.3) is 11.5 Å². The Morgan fingerprint density at radius 2 is 1.66 bits per heavy atom. The van der Waals surface area contributed by atoms with E-state index in [-0.39, 0.29) is 21.7 Å². The standard InChI is InChI=1S/C21H22FN3O3S/c1-15-5-3-4-6-18(15)19-23-20(21(28-19)25-13-11-24(2)12-14-25)29(26,27)17-9-7-16(22)8-10-17/h3-10H,11-14H2,1-2H3. The van der Waals surface area contributed by atoms with Gasteiger partial charge in [-0.05, 0) is 49.9 Å². The summed E-state index contributed by atoms with van der Waals surface area (Å²) in [6, 6.07) is 12.3. The van der Waals surface area contributed by atoms with Crippen LogP contribution in [-0.4, -0.2) is 51.5 Å². The van der Waals surface area contributed by atoms with E-state index in [0.717, 1.165) is 36.3 Å². The summed E-state index contributed by atoms with van der Waals surface area (Å²) in [6.07, 6.45) is 0. The third-order valence-electron chi connectivity index (χ3n) is 5.12. The Morgan fingerprint density at radius 1 is 1.00 bits per heavy atom. The molecule has 0 radical (unpaired) electrons. The molecule has 29 heavy (non-hydrogen) atoms. The first-order chi connectivity index (χ1) is 13.9. The molecule has 8 heteroatoms. The Morgan fingerprint density at radius 3 is 2.31 bits per heavy atom. The van der Waals surface area contributed by atoms with E-state index < -0.39 is 15.7 Å². The maximum Gasteiger partial charge on any atom is 0.236 e. The van der Waals surface area contributed by atoms with E-state index in [2.05, 4.69) is 9.88 Å². The zero-order chi connectivity index (χ0) is 20.6. The first-order valence-corrected chi connectivity index (χ1v) is 10.9. The van der Waals surface area contributed by atoms with Gasteiger partial charge in [0.25, 0.3) is 0 Å². The predicted octanol–water partition coefficient (Wildman–Crippen LogP) is 3.37. The van der Waals surface area contributed by atoms with Crippen LogP contribution in [0.2, 0.25) is 0 Å². The second-order valence-corrected chi connectivity index (χ2v) is 9.06. The first-order valence-electron chi connectivity index (χ1n) is 9.37. The second kappa shape index (κ2) is 7.61. The number of hydrogen-bond acceptors (Lipinski definition) is 6. The van der Waals surface area contributed by atoms with Crippen molar-refractivity contribution >= 4 is 15.7 Å². The summed E-state index contributed by atoms with van der Waals surface area (Å²) in [4.78, 5) is 8.47. The molecule has 0 atom stereocenters. The Bertz CT molecular complexity index is 1120.